The third kappa shape index (κ3) is 4.49. The summed E-state index contributed by atoms with van der Waals surface area (Å²) in [5.41, 5.74) is 1.83. The molecule has 0 atom stereocenters. The van der Waals surface area contributed by atoms with Crippen LogP contribution in [0.1, 0.15) is 0 Å². The molecule has 3 aromatic carbocycles. The van der Waals surface area contributed by atoms with Crippen LogP contribution < -0.4 is 9.64 Å². The molecule has 1 aliphatic rings. The highest BCUT2D eigenvalue weighted by molar-refractivity contribution is 7.91. The number of fused-ring (bicyclic) bond motifs is 1. The first-order chi connectivity index (χ1) is 17.0. The Bertz CT molecular complexity index is 1440. The first-order valence-corrected chi connectivity index (χ1v) is 13.0. The molecule has 4 aromatic rings. The largest absolute Gasteiger partial charge is 0.497 e. The fraction of sp³-hybridized carbons (Fsp3) is 0.222. The molecule has 2 heterocycles. The van der Waals surface area contributed by atoms with Crippen molar-refractivity contribution in [2.24, 2.45) is 0 Å². The Labute approximate surface area is 205 Å². The third-order valence-corrected chi connectivity index (χ3v) is 8.27. The molecule has 1 fully saturated rings. The maximum Gasteiger partial charge on any atom is 0.242 e. The second-order valence-electron chi connectivity index (χ2n) is 8.52. The van der Waals surface area contributed by atoms with Crippen LogP contribution in [0, 0.1) is 0 Å². The molecule has 0 unspecified atom stereocenters. The van der Waals surface area contributed by atoms with Crippen molar-refractivity contribution < 1.29 is 17.9 Å². The Balaban J connectivity index is 1.33. The van der Waals surface area contributed by atoms with Gasteiger partial charge in [-0.05, 0) is 42.5 Å². The molecule has 180 valence electrons. The van der Waals surface area contributed by atoms with Crippen molar-refractivity contribution in [1.82, 2.24) is 9.47 Å². The normalized spacial score (nSPS) is 14.3. The lowest BCUT2D eigenvalue weighted by molar-refractivity contribution is -0.132. The van der Waals surface area contributed by atoms with Gasteiger partial charge in [-0.25, -0.2) is 8.42 Å². The molecule has 1 saturated heterocycles. The zero-order chi connectivity index (χ0) is 24.4. The number of para-hydroxylation sites is 1. The third-order valence-electron chi connectivity index (χ3n) is 6.47. The average Bonchev–Trinajstić information content (AvgIpc) is 3.28. The average molecular weight is 490 g/mol. The number of hydrogen-bond acceptors (Lipinski definition) is 5. The lowest BCUT2D eigenvalue weighted by atomic mass is 10.2. The molecule has 0 N–H and O–H groups in total. The molecule has 1 aromatic heterocycles. The molecule has 0 saturated carbocycles. The molecule has 1 amide bonds. The minimum absolute atomic E-state index is 0.0243. The Morgan fingerprint density at radius 2 is 1.51 bits per heavy atom. The van der Waals surface area contributed by atoms with Gasteiger partial charge in [-0.3, -0.25) is 4.79 Å². The highest BCUT2D eigenvalue weighted by atomic mass is 32.2. The standard InChI is InChI=1S/C27H27N3O4S/c1-34-22-13-11-21(12-14-22)28-15-17-29(18-16-28)27(31)20-30-19-26(24-9-5-6-10-25(24)30)35(32,33)23-7-3-2-4-8-23/h2-14,19H,15-18,20H2,1H3. The molecule has 0 spiro atoms. The van der Waals surface area contributed by atoms with E-state index in [1.54, 1.807) is 54.3 Å². The number of amides is 1. The second-order valence-corrected chi connectivity index (χ2v) is 10.4. The van der Waals surface area contributed by atoms with E-state index in [1.807, 2.05) is 47.4 Å². The summed E-state index contributed by atoms with van der Waals surface area (Å²) in [6.45, 7) is 2.78. The predicted octanol–water partition coefficient (Wildman–Crippen LogP) is 3.83. The van der Waals surface area contributed by atoms with Gasteiger partial charge in [0.2, 0.25) is 15.7 Å². The topological polar surface area (TPSA) is 71.8 Å². The SMILES string of the molecule is COc1ccc(N2CCN(C(=O)Cn3cc(S(=O)(=O)c4ccccc4)c4ccccc43)CC2)cc1. The van der Waals surface area contributed by atoms with Crippen molar-refractivity contribution in [3.8, 4) is 5.75 Å². The van der Waals surface area contributed by atoms with E-state index in [4.69, 9.17) is 4.74 Å². The van der Waals surface area contributed by atoms with Crippen LogP contribution in [0.15, 0.2) is 94.9 Å². The zero-order valence-electron chi connectivity index (χ0n) is 19.5. The quantitative estimate of drug-likeness (QED) is 0.412. The van der Waals surface area contributed by atoms with E-state index in [0.29, 0.717) is 18.5 Å². The first kappa shape index (κ1) is 23.0. The number of sulfone groups is 1. The van der Waals surface area contributed by atoms with Crippen LogP contribution in [-0.2, 0) is 21.2 Å². The van der Waals surface area contributed by atoms with Crippen LogP contribution in [0.4, 0.5) is 5.69 Å². The minimum Gasteiger partial charge on any atom is -0.497 e. The van der Waals surface area contributed by atoms with Crippen molar-refractivity contribution in [3.05, 3.63) is 85.1 Å². The monoisotopic (exact) mass is 489 g/mol. The van der Waals surface area contributed by atoms with Gasteiger partial charge < -0.3 is 19.1 Å². The minimum atomic E-state index is -3.71. The molecule has 7 nitrogen and oxygen atoms in total. The molecule has 0 radical (unpaired) electrons. The summed E-state index contributed by atoms with van der Waals surface area (Å²) < 4.78 is 33.7. The van der Waals surface area contributed by atoms with Crippen LogP contribution in [0.25, 0.3) is 10.9 Å². The van der Waals surface area contributed by atoms with Gasteiger partial charge in [-0.2, -0.15) is 0 Å². The Hall–Kier alpha value is -3.78. The summed E-state index contributed by atoms with van der Waals surface area (Å²) >= 11 is 0. The van der Waals surface area contributed by atoms with Gasteiger partial charge in [0.1, 0.15) is 12.3 Å². The van der Waals surface area contributed by atoms with Gasteiger partial charge in [0.25, 0.3) is 0 Å². The van der Waals surface area contributed by atoms with E-state index >= 15 is 0 Å². The van der Waals surface area contributed by atoms with E-state index in [1.165, 1.54) is 0 Å². The number of benzene rings is 3. The number of carbonyl (C=O) groups is 1. The van der Waals surface area contributed by atoms with E-state index in [9.17, 15) is 13.2 Å². The fourth-order valence-electron chi connectivity index (χ4n) is 4.54. The lowest BCUT2D eigenvalue weighted by Crippen LogP contribution is -2.49. The van der Waals surface area contributed by atoms with E-state index < -0.39 is 9.84 Å². The maximum absolute atomic E-state index is 13.3. The fourth-order valence-corrected chi connectivity index (χ4v) is 6.03. The number of hydrogen-bond donors (Lipinski definition) is 0. The van der Waals surface area contributed by atoms with E-state index in [0.717, 1.165) is 30.0 Å². The summed E-state index contributed by atoms with van der Waals surface area (Å²) in [7, 11) is -2.06. The van der Waals surface area contributed by atoms with Crippen molar-refractivity contribution >= 4 is 32.3 Å². The number of carbonyl (C=O) groups excluding carboxylic acids is 1. The number of methoxy groups -OCH3 is 1. The van der Waals surface area contributed by atoms with Crippen LogP contribution in [0.3, 0.4) is 0 Å². The Kier molecular flexibility index (Phi) is 6.21. The Morgan fingerprint density at radius 1 is 0.857 bits per heavy atom. The summed E-state index contributed by atoms with van der Waals surface area (Å²) in [5, 5.41) is 0.619. The van der Waals surface area contributed by atoms with Crippen molar-refractivity contribution in [3.63, 3.8) is 0 Å². The molecular formula is C27H27N3O4S. The van der Waals surface area contributed by atoms with Crippen molar-refractivity contribution in [2.75, 3.05) is 38.2 Å². The van der Waals surface area contributed by atoms with Crippen LogP contribution in [-0.4, -0.2) is 57.1 Å². The van der Waals surface area contributed by atoms with E-state index in [2.05, 4.69) is 4.90 Å². The number of rotatable bonds is 6. The number of piperazine rings is 1. The van der Waals surface area contributed by atoms with Crippen molar-refractivity contribution in [1.29, 1.82) is 0 Å². The highest BCUT2D eigenvalue weighted by Crippen LogP contribution is 2.30. The van der Waals surface area contributed by atoms with Gasteiger partial charge in [0.05, 0.1) is 16.9 Å². The summed E-state index contributed by atoms with van der Waals surface area (Å²) in [4.78, 5) is 17.7. The molecule has 1 aliphatic heterocycles. The maximum atomic E-state index is 13.3. The molecule has 0 aliphatic carbocycles. The van der Waals surface area contributed by atoms with Crippen LogP contribution in [0.5, 0.6) is 5.75 Å². The summed E-state index contributed by atoms with van der Waals surface area (Å²) in [6, 6.07) is 23.6. The van der Waals surface area contributed by atoms with Crippen LogP contribution >= 0.6 is 0 Å². The highest BCUT2D eigenvalue weighted by Gasteiger charge is 2.26. The molecule has 0 bridgehead atoms. The van der Waals surface area contributed by atoms with Crippen LogP contribution in [0.2, 0.25) is 0 Å². The summed E-state index contributed by atoms with van der Waals surface area (Å²) in [5.74, 6) is 0.791. The molecule has 5 rings (SSSR count). The zero-order valence-corrected chi connectivity index (χ0v) is 20.3. The van der Waals surface area contributed by atoms with Gasteiger partial charge >= 0.3 is 0 Å². The predicted molar refractivity (Wildman–Crippen MR) is 136 cm³/mol. The van der Waals surface area contributed by atoms with Gasteiger partial charge in [0.15, 0.2) is 0 Å². The molecular weight excluding hydrogens is 462 g/mol. The molecule has 35 heavy (non-hydrogen) atoms. The smallest absolute Gasteiger partial charge is 0.242 e. The second kappa shape index (κ2) is 9.46. The van der Waals surface area contributed by atoms with Gasteiger partial charge in [-0.1, -0.05) is 36.4 Å². The van der Waals surface area contributed by atoms with E-state index in [-0.39, 0.29) is 22.2 Å². The number of aromatic nitrogens is 1. The Morgan fingerprint density at radius 3 is 2.20 bits per heavy atom. The number of nitrogens with zero attached hydrogens (tertiary/aromatic N) is 3. The van der Waals surface area contributed by atoms with Crippen molar-refractivity contribution in [2.45, 2.75) is 16.3 Å². The first-order valence-electron chi connectivity index (χ1n) is 11.5. The number of ether oxygens (including phenoxy) is 1. The lowest BCUT2D eigenvalue weighted by Gasteiger charge is -2.36. The van der Waals surface area contributed by atoms with Gasteiger partial charge in [0, 0.05) is 49.0 Å². The number of anilines is 1. The summed E-state index contributed by atoms with van der Waals surface area (Å²) in [6.07, 6.45) is 1.60. The molecule has 8 heteroatoms. The van der Waals surface area contributed by atoms with Gasteiger partial charge in [-0.15, -0.1) is 0 Å².